The molecule has 6 nitrogen and oxygen atoms in total. The number of rotatable bonds is 5. The molecule has 0 radical (unpaired) electrons. The Bertz CT molecular complexity index is 1020. The number of carboxylic acids is 1. The summed E-state index contributed by atoms with van der Waals surface area (Å²) < 4.78 is 0. The zero-order valence-electron chi connectivity index (χ0n) is 18.9. The topological polar surface area (TPSA) is 76.6 Å². The summed E-state index contributed by atoms with van der Waals surface area (Å²) in [6.45, 7) is 11.5. The fraction of sp³-hybridized carbons (Fsp3) is 0.440. The molecule has 2 aromatic rings. The summed E-state index contributed by atoms with van der Waals surface area (Å²) in [6.07, 6.45) is 5.93. The summed E-state index contributed by atoms with van der Waals surface area (Å²) in [6, 6.07) is 6.82. The van der Waals surface area contributed by atoms with Crippen molar-refractivity contribution in [1.29, 1.82) is 0 Å². The van der Waals surface area contributed by atoms with Crippen LogP contribution >= 0.6 is 0 Å². The van der Waals surface area contributed by atoms with Gasteiger partial charge >= 0.3 is 5.97 Å². The maximum atomic E-state index is 12.9. The summed E-state index contributed by atoms with van der Waals surface area (Å²) in [7, 11) is 2.15. The summed E-state index contributed by atoms with van der Waals surface area (Å²) in [5.41, 5.74) is 5.47. The number of nitrogens with one attached hydrogen (secondary N) is 1. The standard InChI is InChI=1S/C20H25N3O.C5H8O2/c1-4-23(5-2)20(24)14-9-16-15-7-6-8-17-19(15)13(11-21-17)10-18(16)22(3)12-14;1-3-4(2)5(6)7/h6-9,11,14,18,21H,4-5,10,12H2,1-3H3;2-3H2,1H3,(H,6,7)/t14-,18-;/m1./s1. The molecule has 1 aliphatic carbocycles. The van der Waals surface area contributed by atoms with Gasteiger partial charge in [-0.25, -0.2) is 4.79 Å². The minimum atomic E-state index is -0.900. The van der Waals surface area contributed by atoms with E-state index >= 15 is 0 Å². The molecule has 2 aliphatic rings. The van der Waals surface area contributed by atoms with Gasteiger partial charge in [-0.2, -0.15) is 0 Å². The molecular formula is C25H33N3O3. The van der Waals surface area contributed by atoms with Gasteiger partial charge in [0.2, 0.25) is 5.91 Å². The van der Waals surface area contributed by atoms with Crippen LogP contribution in [0.5, 0.6) is 0 Å². The highest BCUT2D eigenvalue weighted by Crippen LogP contribution is 2.40. The van der Waals surface area contributed by atoms with Crippen molar-refractivity contribution in [3.63, 3.8) is 0 Å². The maximum Gasteiger partial charge on any atom is 0.330 e. The normalized spacial score (nSPS) is 19.7. The number of benzene rings is 1. The van der Waals surface area contributed by atoms with Crippen LogP contribution in [-0.4, -0.2) is 64.5 Å². The predicted octanol–water partition coefficient (Wildman–Crippen LogP) is 3.94. The Labute approximate surface area is 184 Å². The predicted molar refractivity (Wildman–Crippen MR) is 125 cm³/mol. The van der Waals surface area contributed by atoms with Crippen molar-refractivity contribution in [1.82, 2.24) is 14.8 Å². The van der Waals surface area contributed by atoms with Crippen molar-refractivity contribution in [3.05, 3.63) is 53.8 Å². The number of carbonyl (C=O) groups excluding carboxylic acids is 1. The molecule has 1 aromatic carbocycles. The molecule has 0 spiro atoms. The van der Waals surface area contributed by atoms with Crippen LogP contribution in [0.4, 0.5) is 0 Å². The zero-order valence-corrected chi connectivity index (χ0v) is 18.9. The van der Waals surface area contributed by atoms with Crippen molar-refractivity contribution in [2.45, 2.75) is 39.7 Å². The summed E-state index contributed by atoms with van der Waals surface area (Å²) >= 11 is 0. The van der Waals surface area contributed by atoms with Gasteiger partial charge in [0.25, 0.3) is 0 Å². The van der Waals surface area contributed by atoms with Crippen LogP contribution < -0.4 is 0 Å². The minimum absolute atomic E-state index is 0.0445. The van der Waals surface area contributed by atoms with Gasteiger partial charge in [0.1, 0.15) is 0 Å². The third kappa shape index (κ3) is 4.44. The smallest absolute Gasteiger partial charge is 0.330 e. The molecule has 1 aromatic heterocycles. The second kappa shape index (κ2) is 9.52. The van der Waals surface area contributed by atoms with E-state index in [0.29, 0.717) is 12.5 Å². The molecule has 0 fully saturated rings. The molecule has 0 unspecified atom stereocenters. The first kappa shape index (κ1) is 22.8. The number of hydrogen-bond donors (Lipinski definition) is 2. The molecule has 0 saturated carbocycles. The van der Waals surface area contributed by atoms with E-state index in [1.165, 1.54) is 27.6 Å². The Balaban J connectivity index is 0.000000339. The molecule has 1 amide bonds. The van der Waals surface area contributed by atoms with Crippen molar-refractivity contribution in [3.8, 4) is 0 Å². The number of H-pyrrole nitrogens is 1. The van der Waals surface area contributed by atoms with E-state index in [0.717, 1.165) is 26.1 Å². The van der Waals surface area contributed by atoms with Gasteiger partial charge in [-0.05, 0) is 56.5 Å². The molecule has 2 heterocycles. The van der Waals surface area contributed by atoms with Gasteiger partial charge in [0.05, 0.1) is 5.92 Å². The molecule has 1 aliphatic heterocycles. The van der Waals surface area contributed by atoms with Crippen LogP contribution in [0.1, 0.15) is 38.3 Å². The average Bonchev–Trinajstić information content (AvgIpc) is 3.19. The van der Waals surface area contributed by atoms with Crippen molar-refractivity contribution < 1.29 is 14.7 Å². The lowest BCUT2D eigenvalue weighted by Crippen LogP contribution is -2.47. The van der Waals surface area contributed by atoms with Crippen LogP contribution in [0, 0.1) is 5.92 Å². The van der Waals surface area contributed by atoms with Gasteiger partial charge in [-0.1, -0.05) is 31.7 Å². The van der Waals surface area contributed by atoms with Crippen LogP contribution in [0.2, 0.25) is 0 Å². The van der Waals surface area contributed by atoms with Gasteiger partial charge in [0, 0.05) is 48.3 Å². The molecule has 6 heteroatoms. The fourth-order valence-electron chi connectivity index (χ4n) is 4.53. The van der Waals surface area contributed by atoms with Crippen LogP contribution in [0.25, 0.3) is 16.5 Å². The zero-order chi connectivity index (χ0) is 22.7. The van der Waals surface area contributed by atoms with Gasteiger partial charge < -0.3 is 15.0 Å². The lowest BCUT2D eigenvalue weighted by molar-refractivity contribution is -0.134. The van der Waals surface area contributed by atoms with Crippen molar-refractivity contribution >= 4 is 28.4 Å². The van der Waals surface area contributed by atoms with E-state index in [-0.39, 0.29) is 17.4 Å². The highest BCUT2D eigenvalue weighted by atomic mass is 16.4. The highest BCUT2D eigenvalue weighted by Gasteiger charge is 2.36. The fourth-order valence-corrected chi connectivity index (χ4v) is 4.53. The number of amides is 1. The number of carboxylic acid groups (broad SMARTS) is 1. The molecule has 31 heavy (non-hydrogen) atoms. The number of aliphatic carboxylic acids is 1. The Morgan fingerprint density at radius 3 is 2.55 bits per heavy atom. The van der Waals surface area contributed by atoms with Crippen LogP contribution in [0.3, 0.4) is 0 Å². The first-order valence-corrected chi connectivity index (χ1v) is 11.0. The molecular weight excluding hydrogens is 390 g/mol. The first-order valence-electron chi connectivity index (χ1n) is 11.0. The number of hydrogen-bond acceptors (Lipinski definition) is 3. The number of fused-ring (bicyclic) bond motifs is 2. The van der Waals surface area contributed by atoms with E-state index in [4.69, 9.17) is 5.11 Å². The lowest BCUT2D eigenvalue weighted by Gasteiger charge is -2.40. The number of aromatic amines is 1. The summed E-state index contributed by atoms with van der Waals surface area (Å²) in [5.74, 6) is -0.691. The number of nitrogens with zero attached hydrogens (tertiary/aromatic N) is 2. The second-order valence-corrected chi connectivity index (χ2v) is 8.20. The first-order chi connectivity index (χ1) is 14.8. The third-order valence-corrected chi connectivity index (χ3v) is 6.39. The maximum absolute atomic E-state index is 12.9. The number of likely N-dealkylation sites (N-methyl/N-ethyl adjacent to an activating group) is 1. The molecule has 166 valence electrons. The SMILES string of the molecule is C=C(CC)C(=O)O.CCN(CC)C(=O)[C@@H]1C=C2c3cccc4[nH]cc(c34)C[C@H]2N(C)C1. The van der Waals surface area contributed by atoms with Gasteiger partial charge in [-0.3, -0.25) is 9.69 Å². The molecule has 0 saturated heterocycles. The van der Waals surface area contributed by atoms with E-state index in [9.17, 15) is 9.59 Å². The van der Waals surface area contributed by atoms with Crippen LogP contribution in [-0.2, 0) is 16.0 Å². The van der Waals surface area contributed by atoms with Crippen LogP contribution in [0.15, 0.2) is 42.6 Å². The average molecular weight is 424 g/mol. The Morgan fingerprint density at radius 1 is 1.26 bits per heavy atom. The van der Waals surface area contributed by atoms with E-state index in [1.54, 1.807) is 6.92 Å². The highest BCUT2D eigenvalue weighted by molar-refractivity contribution is 5.99. The van der Waals surface area contributed by atoms with Crippen molar-refractivity contribution in [2.24, 2.45) is 5.92 Å². The third-order valence-electron chi connectivity index (χ3n) is 6.39. The minimum Gasteiger partial charge on any atom is -0.478 e. The number of carbonyl (C=O) groups is 2. The van der Waals surface area contributed by atoms with Gasteiger partial charge in [-0.15, -0.1) is 0 Å². The largest absolute Gasteiger partial charge is 0.478 e. The Morgan fingerprint density at radius 2 is 1.97 bits per heavy atom. The molecule has 2 N–H and O–H groups in total. The van der Waals surface area contributed by atoms with E-state index in [1.807, 2.05) is 4.90 Å². The second-order valence-electron chi connectivity index (χ2n) is 8.20. The Kier molecular flexibility index (Phi) is 7.01. The van der Waals surface area contributed by atoms with Crippen molar-refractivity contribution in [2.75, 3.05) is 26.7 Å². The van der Waals surface area contributed by atoms with E-state index < -0.39 is 5.97 Å². The quantitative estimate of drug-likeness (QED) is 0.714. The molecule has 4 rings (SSSR count). The lowest BCUT2D eigenvalue weighted by atomic mass is 9.79. The van der Waals surface area contributed by atoms with E-state index in [2.05, 4.69) is 67.8 Å². The van der Waals surface area contributed by atoms with Gasteiger partial charge in [0.15, 0.2) is 0 Å². The summed E-state index contributed by atoms with van der Waals surface area (Å²) in [4.78, 5) is 30.4. The Hall–Kier alpha value is -2.86. The number of aromatic nitrogens is 1. The molecule has 2 atom stereocenters. The monoisotopic (exact) mass is 423 g/mol. The molecule has 0 bridgehead atoms. The summed E-state index contributed by atoms with van der Waals surface area (Å²) in [5, 5.41) is 9.42.